The van der Waals surface area contributed by atoms with Crippen LogP contribution in [0.2, 0.25) is 0 Å². The predicted octanol–water partition coefficient (Wildman–Crippen LogP) is 1.20. The molecule has 20 heavy (non-hydrogen) atoms. The van der Waals surface area contributed by atoms with Crippen molar-refractivity contribution in [2.24, 2.45) is 0 Å². The van der Waals surface area contributed by atoms with Crippen LogP contribution in [0.25, 0.3) is 10.9 Å². The zero-order valence-corrected chi connectivity index (χ0v) is 12.0. The van der Waals surface area contributed by atoms with E-state index in [0.29, 0.717) is 11.9 Å². The number of hydrogen-bond donors (Lipinski definition) is 2. The molecular weight excluding hydrogens is 270 g/mol. The monoisotopic (exact) mass is 286 g/mol. The molecule has 0 saturated heterocycles. The number of rotatable bonds is 4. The van der Waals surface area contributed by atoms with Crippen molar-refractivity contribution in [1.82, 2.24) is 9.97 Å². The Balaban J connectivity index is 1.82. The lowest BCUT2D eigenvalue weighted by atomic mass is 10.2. The van der Waals surface area contributed by atoms with Gasteiger partial charge in [-0.1, -0.05) is 12.1 Å². The summed E-state index contributed by atoms with van der Waals surface area (Å²) in [6.07, 6.45) is 0. The first kappa shape index (κ1) is 13.0. The lowest BCUT2D eigenvalue weighted by Gasteiger charge is -2.12. The molecule has 0 bridgehead atoms. The van der Waals surface area contributed by atoms with Crippen molar-refractivity contribution in [2.45, 2.75) is 13.1 Å². The molecule has 0 radical (unpaired) electrons. The molecular formula is C15H16N3OS+. The molecule has 2 N–H and O–H groups in total. The molecule has 2 aromatic heterocycles. The standard InChI is InChI=1S/C15H15N3OS/c1-18(8-11-6-7-20-10-11)9-14-16-13-5-3-2-4-12(13)15(19)17-14/h2-7,10H,8-9H2,1H3,(H,16,17,19)/p+1. The highest BCUT2D eigenvalue weighted by Crippen LogP contribution is 2.06. The van der Waals surface area contributed by atoms with Gasteiger partial charge in [0.05, 0.1) is 18.0 Å². The zero-order valence-electron chi connectivity index (χ0n) is 11.2. The first-order valence-electron chi connectivity index (χ1n) is 6.52. The van der Waals surface area contributed by atoms with Crippen LogP contribution >= 0.6 is 11.3 Å². The van der Waals surface area contributed by atoms with Crippen LogP contribution in [-0.4, -0.2) is 17.0 Å². The minimum atomic E-state index is -0.0612. The highest BCUT2D eigenvalue weighted by molar-refractivity contribution is 7.07. The van der Waals surface area contributed by atoms with Gasteiger partial charge in [0.15, 0.2) is 5.82 Å². The van der Waals surface area contributed by atoms with Crippen LogP contribution in [0.5, 0.6) is 0 Å². The minimum Gasteiger partial charge on any atom is -0.327 e. The minimum absolute atomic E-state index is 0.0612. The van der Waals surface area contributed by atoms with Crippen LogP contribution in [0, 0.1) is 0 Å². The van der Waals surface area contributed by atoms with Gasteiger partial charge in [-0.3, -0.25) is 4.79 Å². The molecule has 1 aromatic carbocycles. The fourth-order valence-corrected chi connectivity index (χ4v) is 2.98. The molecule has 0 aliphatic rings. The Bertz CT molecular complexity index is 764. The fraction of sp³-hybridized carbons (Fsp3) is 0.200. The van der Waals surface area contributed by atoms with E-state index in [1.807, 2.05) is 18.2 Å². The molecule has 0 aliphatic carbocycles. The first-order chi connectivity index (χ1) is 9.72. The lowest BCUT2D eigenvalue weighted by Crippen LogP contribution is -3.06. The number of aromatic amines is 1. The normalized spacial score (nSPS) is 12.7. The maximum atomic E-state index is 12.0. The summed E-state index contributed by atoms with van der Waals surface area (Å²) in [7, 11) is 2.10. The fourth-order valence-electron chi connectivity index (χ4n) is 2.31. The number of nitrogens with zero attached hydrogens (tertiary/aromatic N) is 1. The van der Waals surface area contributed by atoms with Crippen molar-refractivity contribution < 1.29 is 4.90 Å². The van der Waals surface area contributed by atoms with E-state index in [9.17, 15) is 4.79 Å². The zero-order chi connectivity index (χ0) is 13.9. The lowest BCUT2D eigenvalue weighted by molar-refractivity contribution is -0.908. The van der Waals surface area contributed by atoms with Gasteiger partial charge in [0.25, 0.3) is 5.56 Å². The van der Waals surface area contributed by atoms with Crippen molar-refractivity contribution in [3.05, 3.63) is 62.8 Å². The van der Waals surface area contributed by atoms with Gasteiger partial charge in [-0.2, -0.15) is 11.3 Å². The Labute approximate surface area is 120 Å². The van der Waals surface area contributed by atoms with E-state index >= 15 is 0 Å². The third kappa shape index (κ3) is 2.79. The number of thiophene rings is 1. The summed E-state index contributed by atoms with van der Waals surface area (Å²) < 4.78 is 0. The third-order valence-electron chi connectivity index (χ3n) is 3.22. The SMILES string of the molecule is C[NH+](Cc1ccsc1)Cc1nc2ccccc2c(=O)[nH]1. The Kier molecular flexibility index (Phi) is 3.62. The summed E-state index contributed by atoms with van der Waals surface area (Å²) in [5.41, 5.74) is 2.01. The molecule has 0 saturated carbocycles. The highest BCUT2D eigenvalue weighted by Gasteiger charge is 2.09. The van der Waals surface area contributed by atoms with Gasteiger partial charge >= 0.3 is 0 Å². The van der Waals surface area contributed by atoms with E-state index in [1.165, 1.54) is 10.5 Å². The predicted molar refractivity (Wildman–Crippen MR) is 81.0 cm³/mol. The maximum Gasteiger partial charge on any atom is 0.258 e. The summed E-state index contributed by atoms with van der Waals surface area (Å²) in [5, 5.41) is 4.88. The van der Waals surface area contributed by atoms with Crippen LogP contribution in [0.1, 0.15) is 11.4 Å². The number of hydrogen-bond acceptors (Lipinski definition) is 3. The van der Waals surface area contributed by atoms with Crippen molar-refractivity contribution in [3.63, 3.8) is 0 Å². The van der Waals surface area contributed by atoms with Crippen LogP contribution < -0.4 is 10.5 Å². The van der Waals surface area contributed by atoms with Gasteiger partial charge in [-0.05, 0) is 29.0 Å². The van der Waals surface area contributed by atoms with Gasteiger partial charge in [0.2, 0.25) is 0 Å². The first-order valence-corrected chi connectivity index (χ1v) is 7.47. The van der Waals surface area contributed by atoms with Gasteiger partial charge in [0.1, 0.15) is 13.1 Å². The van der Waals surface area contributed by atoms with E-state index in [2.05, 4.69) is 33.8 Å². The summed E-state index contributed by atoms with van der Waals surface area (Å²) in [4.78, 5) is 20.7. The summed E-state index contributed by atoms with van der Waals surface area (Å²) in [5.74, 6) is 0.737. The van der Waals surface area contributed by atoms with Crippen LogP contribution in [-0.2, 0) is 13.1 Å². The van der Waals surface area contributed by atoms with Gasteiger partial charge < -0.3 is 9.88 Å². The van der Waals surface area contributed by atoms with Crippen LogP contribution in [0.4, 0.5) is 0 Å². The number of fused-ring (bicyclic) bond motifs is 1. The number of H-pyrrole nitrogens is 1. The second-order valence-corrected chi connectivity index (χ2v) is 5.75. The average molecular weight is 286 g/mol. The largest absolute Gasteiger partial charge is 0.327 e. The second-order valence-electron chi connectivity index (χ2n) is 4.97. The molecule has 0 spiro atoms. The molecule has 0 aliphatic heterocycles. The molecule has 0 fully saturated rings. The van der Waals surface area contributed by atoms with E-state index in [1.54, 1.807) is 17.4 Å². The van der Waals surface area contributed by atoms with E-state index in [4.69, 9.17) is 0 Å². The molecule has 3 aromatic rings. The molecule has 102 valence electrons. The van der Waals surface area contributed by atoms with Gasteiger partial charge in [-0.15, -0.1) is 0 Å². The quantitative estimate of drug-likeness (QED) is 0.757. The van der Waals surface area contributed by atoms with Crippen LogP contribution in [0.3, 0.4) is 0 Å². The molecule has 1 unspecified atom stereocenters. The number of benzene rings is 1. The smallest absolute Gasteiger partial charge is 0.258 e. The Morgan fingerprint density at radius 3 is 2.90 bits per heavy atom. The van der Waals surface area contributed by atoms with Crippen molar-refractivity contribution >= 4 is 22.2 Å². The molecule has 0 amide bonds. The molecule has 5 heteroatoms. The van der Waals surface area contributed by atoms with E-state index in [0.717, 1.165) is 17.9 Å². The van der Waals surface area contributed by atoms with Gasteiger partial charge in [-0.25, -0.2) is 4.98 Å². The van der Waals surface area contributed by atoms with Gasteiger partial charge in [0, 0.05) is 5.56 Å². The maximum absolute atomic E-state index is 12.0. The van der Waals surface area contributed by atoms with E-state index < -0.39 is 0 Å². The number of nitrogens with one attached hydrogen (secondary N) is 2. The second kappa shape index (κ2) is 5.56. The average Bonchev–Trinajstić information content (AvgIpc) is 2.91. The Hall–Kier alpha value is -1.98. The summed E-state index contributed by atoms with van der Waals surface area (Å²) in [6.45, 7) is 1.63. The van der Waals surface area contributed by atoms with E-state index in [-0.39, 0.29) is 5.56 Å². The number of aromatic nitrogens is 2. The number of quaternary nitrogens is 1. The highest BCUT2D eigenvalue weighted by atomic mass is 32.1. The van der Waals surface area contributed by atoms with Crippen molar-refractivity contribution in [3.8, 4) is 0 Å². The van der Waals surface area contributed by atoms with Crippen molar-refractivity contribution in [2.75, 3.05) is 7.05 Å². The topological polar surface area (TPSA) is 50.2 Å². The summed E-state index contributed by atoms with van der Waals surface area (Å²) >= 11 is 1.71. The Morgan fingerprint density at radius 1 is 1.25 bits per heavy atom. The molecule has 2 heterocycles. The third-order valence-corrected chi connectivity index (χ3v) is 3.95. The summed E-state index contributed by atoms with van der Waals surface area (Å²) in [6, 6.07) is 9.56. The molecule has 1 atom stereocenters. The number of para-hydroxylation sites is 1. The molecule has 4 nitrogen and oxygen atoms in total. The van der Waals surface area contributed by atoms with Crippen molar-refractivity contribution in [1.29, 1.82) is 0 Å². The Morgan fingerprint density at radius 2 is 2.10 bits per heavy atom. The molecule has 3 rings (SSSR count). The van der Waals surface area contributed by atoms with Crippen LogP contribution in [0.15, 0.2) is 45.9 Å².